The number of carbonyl (C=O) groups is 2. The minimum Gasteiger partial charge on any atom is -0.303 e. The van der Waals surface area contributed by atoms with Gasteiger partial charge in [0.1, 0.15) is 0 Å². The number of amides is 1. The van der Waals surface area contributed by atoms with Crippen LogP contribution in [0, 0.1) is 12.3 Å². The number of hydrogen-bond acceptors (Lipinski definition) is 2. The highest BCUT2D eigenvalue weighted by molar-refractivity contribution is 9.10. The van der Waals surface area contributed by atoms with E-state index in [-0.39, 0.29) is 0 Å². The van der Waals surface area contributed by atoms with E-state index in [1.54, 1.807) is 18.2 Å². The van der Waals surface area contributed by atoms with E-state index in [1.807, 2.05) is 0 Å². The number of benzene rings is 1. The summed E-state index contributed by atoms with van der Waals surface area (Å²) in [5.41, 5.74) is 1.07. The number of carbonyl (C=O) groups excluding carboxylic acids is 2. The molecule has 3 nitrogen and oxygen atoms in total. The lowest BCUT2D eigenvalue weighted by Crippen LogP contribution is -2.30. The van der Waals surface area contributed by atoms with E-state index >= 15 is 0 Å². The maximum absolute atomic E-state index is 11.7. The van der Waals surface area contributed by atoms with Crippen molar-refractivity contribution in [2.75, 3.05) is 11.4 Å². The second-order valence-corrected chi connectivity index (χ2v) is 4.23. The Labute approximate surface area is 102 Å². The Morgan fingerprint density at radius 1 is 1.38 bits per heavy atom. The van der Waals surface area contributed by atoms with E-state index < -0.39 is 11.7 Å². The molecule has 0 N–H and O–H groups in total. The van der Waals surface area contributed by atoms with E-state index in [4.69, 9.17) is 6.42 Å². The van der Waals surface area contributed by atoms with Crippen LogP contribution >= 0.6 is 15.9 Å². The number of nitrogens with zero attached hydrogens (tertiary/aromatic N) is 1. The first-order valence-electron chi connectivity index (χ1n) is 4.75. The molecule has 80 valence electrons. The zero-order valence-corrected chi connectivity index (χ0v) is 9.95. The summed E-state index contributed by atoms with van der Waals surface area (Å²) in [4.78, 5) is 24.8. The molecule has 0 saturated carbocycles. The Morgan fingerprint density at radius 2 is 2.12 bits per heavy atom. The number of Topliss-reactive ketones (excluding diaryl/α,β-unsaturated/α-hetero) is 1. The number of para-hydroxylation sites is 1. The molecule has 0 fully saturated rings. The van der Waals surface area contributed by atoms with Crippen molar-refractivity contribution in [2.24, 2.45) is 0 Å². The zero-order chi connectivity index (χ0) is 11.7. The highest BCUT2D eigenvalue weighted by atomic mass is 79.9. The molecule has 1 amide bonds. The van der Waals surface area contributed by atoms with Gasteiger partial charge in [0.25, 0.3) is 11.7 Å². The Hall–Kier alpha value is -1.60. The molecule has 0 spiro atoms. The van der Waals surface area contributed by atoms with Gasteiger partial charge in [0, 0.05) is 17.4 Å². The largest absolute Gasteiger partial charge is 0.303 e. The predicted octanol–water partition coefficient (Wildman–Crippen LogP) is 2.00. The summed E-state index contributed by atoms with van der Waals surface area (Å²) in [7, 11) is 0. The Balaban J connectivity index is 2.48. The minimum atomic E-state index is -0.503. The minimum absolute atomic E-state index is 0.372. The topological polar surface area (TPSA) is 37.4 Å². The lowest BCUT2D eigenvalue weighted by atomic mass is 10.1. The van der Waals surface area contributed by atoms with E-state index in [0.29, 0.717) is 24.2 Å². The third-order valence-corrected chi connectivity index (χ3v) is 3.06. The summed E-state index contributed by atoms with van der Waals surface area (Å²) in [6, 6.07) is 5.18. The van der Waals surface area contributed by atoms with Gasteiger partial charge in [-0.3, -0.25) is 9.59 Å². The molecule has 0 aromatic heterocycles. The predicted molar refractivity (Wildman–Crippen MR) is 64.3 cm³/mol. The fourth-order valence-electron chi connectivity index (χ4n) is 1.70. The van der Waals surface area contributed by atoms with Gasteiger partial charge in [0.05, 0.1) is 11.3 Å². The SMILES string of the molecule is C#CCCN1C(=O)C(=O)c2cccc(Br)c21. The average molecular weight is 278 g/mol. The van der Waals surface area contributed by atoms with Crippen molar-refractivity contribution in [1.29, 1.82) is 0 Å². The summed E-state index contributed by atoms with van der Waals surface area (Å²) in [6.45, 7) is 0.372. The normalized spacial score (nSPS) is 13.9. The molecule has 0 atom stereocenters. The molecule has 1 aromatic carbocycles. The van der Waals surface area contributed by atoms with Gasteiger partial charge >= 0.3 is 0 Å². The quantitative estimate of drug-likeness (QED) is 0.613. The highest BCUT2D eigenvalue weighted by Crippen LogP contribution is 2.35. The standard InChI is InChI=1S/C12H8BrNO2/c1-2-3-7-14-10-8(11(15)12(14)16)5-4-6-9(10)13/h1,4-6H,3,7H2. The second kappa shape index (κ2) is 4.11. The number of terminal acetylenes is 1. The van der Waals surface area contributed by atoms with E-state index in [1.165, 1.54) is 4.90 Å². The van der Waals surface area contributed by atoms with Gasteiger partial charge in [0.2, 0.25) is 0 Å². The van der Waals surface area contributed by atoms with Gasteiger partial charge < -0.3 is 4.90 Å². The van der Waals surface area contributed by atoms with Crippen molar-refractivity contribution in [3.8, 4) is 12.3 Å². The van der Waals surface area contributed by atoms with Gasteiger partial charge in [-0.15, -0.1) is 12.3 Å². The third-order valence-electron chi connectivity index (χ3n) is 2.42. The van der Waals surface area contributed by atoms with E-state index in [2.05, 4.69) is 21.9 Å². The van der Waals surface area contributed by atoms with Gasteiger partial charge in [-0.25, -0.2) is 0 Å². The fourth-order valence-corrected chi connectivity index (χ4v) is 2.28. The second-order valence-electron chi connectivity index (χ2n) is 3.38. The van der Waals surface area contributed by atoms with Crippen LogP contribution in [0.5, 0.6) is 0 Å². The molecule has 2 rings (SSSR count). The van der Waals surface area contributed by atoms with Crippen LogP contribution in [0.25, 0.3) is 0 Å². The molecule has 4 heteroatoms. The lowest BCUT2D eigenvalue weighted by Gasteiger charge is -2.15. The summed E-state index contributed by atoms with van der Waals surface area (Å²) in [5, 5.41) is 0. The molecule has 0 unspecified atom stereocenters. The molecule has 1 aromatic rings. The number of hydrogen-bond donors (Lipinski definition) is 0. The summed E-state index contributed by atoms with van der Waals surface area (Å²) in [5.74, 6) is 1.49. The number of rotatable bonds is 2. The molecule has 0 bridgehead atoms. The van der Waals surface area contributed by atoms with E-state index in [0.717, 1.165) is 4.47 Å². The molecular formula is C12H8BrNO2. The number of halogens is 1. The van der Waals surface area contributed by atoms with Gasteiger partial charge in [-0.2, -0.15) is 0 Å². The molecule has 1 aliphatic rings. The van der Waals surface area contributed by atoms with Crippen LogP contribution in [0.3, 0.4) is 0 Å². The van der Waals surface area contributed by atoms with Crippen LogP contribution in [0.15, 0.2) is 22.7 Å². The molecule has 16 heavy (non-hydrogen) atoms. The molecule has 1 heterocycles. The van der Waals surface area contributed by atoms with Crippen molar-refractivity contribution >= 4 is 33.3 Å². The van der Waals surface area contributed by atoms with Crippen LogP contribution in [0.2, 0.25) is 0 Å². The van der Waals surface area contributed by atoms with Crippen molar-refractivity contribution in [3.05, 3.63) is 28.2 Å². The van der Waals surface area contributed by atoms with E-state index in [9.17, 15) is 9.59 Å². The summed E-state index contributed by atoms with van der Waals surface area (Å²) in [6.07, 6.45) is 5.59. The smallest absolute Gasteiger partial charge is 0.299 e. The summed E-state index contributed by atoms with van der Waals surface area (Å²) >= 11 is 3.34. The third kappa shape index (κ3) is 1.54. The maximum Gasteiger partial charge on any atom is 0.299 e. The first-order chi connectivity index (χ1) is 7.66. The van der Waals surface area contributed by atoms with Crippen molar-refractivity contribution in [3.63, 3.8) is 0 Å². The van der Waals surface area contributed by atoms with Gasteiger partial charge in [0.15, 0.2) is 0 Å². The fraction of sp³-hybridized carbons (Fsp3) is 0.167. The molecule has 1 aliphatic heterocycles. The molecular weight excluding hydrogens is 270 g/mol. The molecule has 0 radical (unpaired) electrons. The maximum atomic E-state index is 11.7. The highest BCUT2D eigenvalue weighted by Gasteiger charge is 2.36. The number of fused-ring (bicyclic) bond motifs is 1. The first kappa shape index (κ1) is 10.9. The zero-order valence-electron chi connectivity index (χ0n) is 8.37. The number of ketones is 1. The van der Waals surface area contributed by atoms with Crippen molar-refractivity contribution in [1.82, 2.24) is 0 Å². The Bertz CT molecular complexity index is 516. The monoisotopic (exact) mass is 277 g/mol. The average Bonchev–Trinajstić information content (AvgIpc) is 2.52. The molecule has 0 saturated heterocycles. The first-order valence-corrected chi connectivity index (χ1v) is 5.54. The van der Waals surface area contributed by atoms with Gasteiger partial charge in [-0.05, 0) is 28.1 Å². The van der Waals surface area contributed by atoms with Crippen molar-refractivity contribution in [2.45, 2.75) is 6.42 Å². The molecule has 0 aliphatic carbocycles. The van der Waals surface area contributed by atoms with Crippen LogP contribution in [0.4, 0.5) is 5.69 Å². The van der Waals surface area contributed by atoms with Crippen molar-refractivity contribution < 1.29 is 9.59 Å². The summed E-state index contributed by atoms with van der Waals surface area (Å²) < 4.78 is 0.737. The Kier molecular flexibility index (Phi) is 2.80. The van der Waals surface area contributed by atoms with Gasteiger partial charge in [-0.1, -0.05) is 6.07 Å². The van der Waals surface area contributed by atoms with Crippen LogP contribution < -0.4 is 4.90 Å². The Morgan fingerprint density at radius 3 is 2.81 bits per heavy atom. The van der Waals surface area contributed by atoms with Crippen LogP contribution in [0.1, 0.15) is 16.8 Å². The lowest BCUT2D eigenvalue weighted by molar-refractivity contribution is -0.114. The van der Waals surface area contributed by atoms with Crippen LogP contribution in [-0.2, 0) is 4.79 Å². The number of anilines is 1. The van der Waals surface area contributed by atoms with Crippen LogP contribution in [-0.4, -0.2) is 18.2 Å².